The van der Waals surface area contributed by atoms with E-state index in [1.807, 2.05) is 52.8 Å². The van der Waals surface area contributed by atoms with Gasteiger partial charge in [-0.2, -0.15) is 0 Å². The number of benzene rings is 2. The Morgan fingerprint density at radius 2 is 0.974 bits per heavy atom. The number of aryl methyl sites for hydroxylation is 2. The van der Waals surface area contributed by atoms with Gasteiger partial charge in [0.05, 0.1) is 41.1 Å². The first-order chi connectivity index (χ1) is 17.4. The normalized spacial score (nSPS) is 20.7. The summed E-state index contributed by atoms with van der Waals surface area (Å²) >= 11 is 6.82. The first-order valence-electron chi connectivity index (χ1n) is 12.7. The standard InChI is InChI=1S/C20H32B2O5.C8H8Br2O/c1-13-11-15(22-26-19(6,7)20(8,9)27-22)16(23-10)12-14(13)21-24-17(2,3)18(4,5)25-21;1-5-3-7(10)8(11-2)4-6(5)9/h11-12H,1-10H3;3-4H,1-2H3. The maximum Gasteiger partial charge on any atom is 0.498 e. The average Bonchev–Trinajstić information content (AvgIpc) is 3.15. The molecular weight excluding hydrogens is 614 g/mol. The molecule has 0 N–H and O–H groups in total. The first kappa shape index (κ1) is 31.5. The summed E-state index contributed by atoms with van der Waals surface area (Å²) in [6.07, 6.45) is 0. The molecule has 2 heterocycles. The third kappa shape index (κ3) is 6.16. The van der Waals surface area contributed by atoms with E-state index in [0.29, 0.717) is 5.75 Å². The summed E-state index contributed by atoms with van der Waals surface area (Å²) in [7, 11) is 2.40. The van der Waals surface area contributed by atoms with Crippen LogP contribution < -0.4 is 20.4 Å². The van der Waals surface area contributed by atoms with Gasteiger partial charge in [-0.1, -0.05) is 27.6 Å². The van der Waals surface area contributed by atoms with Crippen LogP contribution in [0.15, 0.2) is 33.2 Å². The molecule has 10 heteroatoms. The molecular formula is C28H40B2Br2O6. The second kappa shape index (κ2) is 11.1. The number of ether oxygens (including phenoxy) is 2. The fraction of sp³-hybridized carbons (Fsp3) is 0.571. The van der Waals surface area contributed by atoms with E-state index in [9.17, 15) is 0 Å². The lowest BCUT2D eigenvalue weighted by atomic mass is 9.70. The maximum absolute atomic E-state index is 6.22. The van der Waals surface area contributed by atoms with Gasteiger partial charge in [-0.25, -0.2) is 0 Å². The highest BCUT2D eigenvalue weighted by atomic mass is 79.9. The molecule has 0 saturated carbocycles. The molecule has 4 rings (SSSR count). The lowest BCUT2D eigenvalue weighted by Gasteiger charge is -2.32. The van der Waals surface area contributed by atoms with Crippen molar-refractivity contribution in [3.63, 3.8) is 0 Å². The topological polar surface area (TPSA) is 55.4 Å². The van der Waals surface area contributed by atoms with E-state index in [1.54, 1.807) is 14.2 Å². The first-order valence-corrected chi connectivity index (χ1v) is 14.3. The maximum atomic E-state index is 6.22. The molecule has 208 valence electrons. The van der Waals surface area contributed by atoms with Crippen molar-refractivity contribution in [1.82, 2.24) is 0 Å². The molecule has 0 aromatic heterocycles. The number of rotatable bonds is 4. The zero-order valence-corrected chi connectivity index (χ0v) is 27.8. The SMILES string of the molecule is COc1cc(B2OC(C)(C)C(C)(C)O2)c(C)cc1B1OC(C)(C)C(C)(C)O1.COc1cc(Br)c(C)cc1Br. The highest BCUT2D eigenvalue weighted by Crippen LogP contribution is 2.39. The van der Waals surface area contributed by atoms with Crippen molar-refractivity contribution in [3.05, 3.63) is 44.3 Å². The van der Waals surface area contributed by atoms with Crippen LogP contribution in [0.25, 0.3) is 0 Å². The largest absolute Gasteiger partial charge is 0.498 e. The van der Waals surface area contributed by atoms with Crippen LogP contribution in [0, 0.1) is 13.8 Å². The zero-order valence-electron chi connectivity index (χ0n) is 24.7. The predicted molar refractivity (Wildman–Crippen MR) is 162 cm³/mol. The lowest BCUT2D eigenvalue weighted by Crippen LogP contribution is -2.41. The minimum Gasteiger partial charge on any atom is -0.497 e. The van der Waals surface area contributed by atoms with E-state index >= 15 is 0 Å². The predicted octanol–water partition coefficient (Wildman–Crippen LogP) is 6.13. The van der Waals surface area contributed by atoms with E-state index < -0.39 is 25.4 Å². The summed E-state index contributed by atoms with van der Waals surface area (Å²) in [4.78, 5) is 0. The highest BCUT2D eigenvalue weighted by molar-refractivity contribution is 9.11. The van der Waals surface area contributed by atoms with Crippen molar-refractivity contribution < 1.29 is 28.1 Å². The quantitative estimate of drug-likeness (QED) is 0.370. The number of hydrogen-bond acceptors (Lipinski definition) is 6. The Balaban J connectivity index is 0.000000304. The molecule has 0 bridgehead atoms. The minimum atomic E-state index is -0.476. The smallest absolute Gasteiger partial charge is 0.497 e. The lowest BCUT2D eigenvalue weighted by molar-refractivity contribution is 0.00578. The van der Waals surface area contributed by atoms with Gasteiger partial charge < -0.3 is 28.1 Å². The molecule has 2 fully saturated rings. The average molecular weight is 654 g/mol. The molecule has 2 aliphatic heterocycles. The van der Waals surface area contributed by atoms with Gasteiger partial charge in [-0.3, -0.25) is 0 Å². The van der Waals surface area contributed by atoms with Crippen LogP contribution in [0.5, 0.6) is 11.5 Å². The Morgan fingerprint density at radius 3 is 1.39 bits per heavy atom. The Morgan fingerprint density at radius 1 is 0.553 bits per heavy atom. The summed E-state index contributed by atoms with van der Waals surface area (Å²) < 4.78 is 37.7. The molecule has 0 radical (unpaired) electrons. The molecule has 2 aromatic carbocycles. The molecule has 2 aromatic rings. The van der Waals surface area contributed by atoms with E-state index in [4.69, 9.17) is 28.1 Å². The van der Waals surface area contributed by atoms with Gasteiger partial charge in [0, 0.05) is 9.94 Å². The van der Waals surface area contributed by atoms with Gasteiger partial charge in [-0.15, -0.1) is 0 Å². The van der Waals surface area contributed by atoms with E-state index in [2.05, 4.69) is 72.5 Å². The van der Waals surface area contributed by atoms with Crippen LogP contribution in [0.4, 0.5) is 0 Å². The molecule has 0 aliphatic carbocycles. The van der Waals surface area contributed by atoms with Gasteiger partial charge >= 0.3 is 14.2 Å². The van der Waals surface area contributed by atoms with Crippen LogP contribution in [0.1, 0.15) is 66.5 Å². The van der Waals surface area contributed by atoms with Gasteiger partial charge in [0.1, 0.15) is 11.5 Å². The van der Waals surface area contributed by atoms with Crippen LogP contribution in [-0.4, -0.2) is 50.9 Å². The Kier molecular flexibility index (Phi) is 9.19. The molecule has 0 spiro atoms. The second-order valence-electron chi connectivity index (χ2n) is 11.9. The van der Waals surface area contributed by atoms with Crippen molar-refractivity contribution in [3.8, 4) is 11.5 Å². The molecule has 0 atom stereocenters. The number of halogens is 2. The van der Waals surface area contributed by atoms with Crippen molar-refractivity contribution in [2.75, 3.05) is 14.2 Å². The van der Waals surface area contributed by atoms with E-state index in [-0.39, 0.29) is 11.2 Å². The van der Waals surface area contributed by atoms with Crippen molar-refractivity contribution in [2.45, 2.75) is 91.6 Å². The van der Waals surface area contributed by atoms with Gasteiger partial charge in [-0.05, 0) is 114 Å². The Bertz CT molecular complexity index is 1150. The van der Waals surface area contributed by atoms with E-state index in [1.165, 1.54) is 5.56 Å². The third-order valence-corrected chi connectivity index (χ3v) is 9.54. The molecule has 2 aliphatic rings. The summed E-state index contributed by atoms with van der Waals surface area (Å²) in [5.74, 6) is 1.56. The van der Waals surface area contributed by atoms with Gasteiger partial charge in [0.15, 0.2) is 0 Å². The van der Waals surface area contributed by atoms with Crippen LogP contribution >= 0.6 is 31.9 Å². The van der Waals surface area contributed by atoms with Crippen molar-refractivity contribution in [2.24, 2.45) is 0 Å². The van der Waals surface area contributed by atoms with Crippen LogP contribution in [0.2, 0.25) is 0 Å². The van der Waals surface area contributed by atoms with Crippen LogP contribution in [-0.2, 0) is 18.6 Å². The monoisotopic (exact) mass is 652 g/mol. The van der Waals surface area contributed by atoms with E-state index in [0.717, 1.165) is 31.2 Å². The van der Waals surface area contributed by atoms with Crippen molar-refractivity contribution >= 4 is 57.0 Å². The molecule has 0 unspecified atom stereocenters. The van der Waals surface area contributed by atoms with Crippen molar-refractivity contribution in [1.29, 1.82) is 0 Å². The molecule has 6 nitrogen and oxygen atoms in total. The van der Waals surface area contributed by atoms with Gasteiger partial charge in [0.2, 0.25) is 0 Å². The summed E-state index contributed by atoms with van der Waals surface area (Å²) in [5.41, 5.74) is 2.52. The summed E-state index contributed by atoms with van der Waals surface area (Å²) in [6.45, 7) is 20.5. The second-order valence-corrected chi connectivity index (χ2v) is 13.6. The fourth-order valence-electron chi connectivity index (χ4n) is 4.07. The molecule has 2 saturated heterocycles. The molecule has 0 amide bonds. The fourth-order valence-corrected chi connectivity index (χ4v) is 5.01. The molecule has 38 heavy (non-hydrogen) atoms. The van der Waals surface area contributed by atoms with Crippen LogP contribution in [0.3, 0.4) is 0 Å². The summed E-state index contributed by atoms with van der Waals surface area (Å²) in [5, 5.41) is 0. The number of hydrogen-bond donors (Lipinski definition) is 0. The zero-order chi connectivity index (χ0) is 28.8. The Labute approximate surface area is 246 Å². The number of methoxy groups -OCH3 is 2. The van der Waals surface area contributed by atoms with Gasteiger partial charge in [0.25, 0.3) is 0 Å². The Hall–Kier alpha value is -1.03. The minimum absolute atomic E-state index is 0.387. The third-order valence-electron chi connectivity index (χ3n) is 8.07. The summed E-state index contributed by atoms with van der Waals surface area (Å²) in [6, 6.07) is 8.00. The highest BCUT2D eigenvalue weighted by Gasteiger charge is 2.54.